The van der Waals surface area contributed by atoms with Gasteiger partial charge in [-0.1, -0.05) is 18.2 Å². The molecule has 1 aliphatic carbocycles. The smallest absolute Gasteiger partial charge is 0.255 e. The summed E-state index contributed by atoms with van der Waals surface area (Å²) in [5.74, 6) is 0.550. The van der Waals surface area contributed by atoms with E-state index in [9.17, 15) is 4.79 Å². The Morgan fingerprint density at radius 1 is 1.27 bits per heavy atom. The summed E-state index contributed by atoms with van der Waals surface area (Å²) in [5, 5.41) is 3.00. The highest BCUT2D eigenvalue weighted by Gasteiger charge is 2.22. The highest BCUT2D eigenvalue weighted by atomic mass is 16.5. The number of hydrogen-bond donors (Lipinski definition) is 1. The zero-order valence-electron chi connectivity index (χ0n) is 12.7. The minimum atomic E-state index is -0.119. The van der Waals surface area contributed by atoms with Crippen LogP contribution in [0, 0.1) is 0 Å². The van der Waals surface area contributed by atoms with E-state index < -0.39 is 0 Å². The SMILES string of the molecule is C[C@H](NC(=O)c1ccccc1OC1CCC1)c1cccnc1. The normalized spacial score (nSPS) is 15.7. The van der Waals surface area contributed by atoms with Gasteiger partial charge in [-0.25, -0.2) is 0 Å². The number of carbonyl (C=O) groups excluding carboxylic acids is 1. The molecule has 0 unspecified atom stereocenters. The second-order valence-corrected chi connectivity index (χ2v) is 5.65. The predicted octanol–water partition coefficient (Wildman–Crippen LogP) is 3.50. The van der Waals surface area contributed by atoms with Crippen molar-refractivity contribution in [1.29, 1.82) is 0 Å². The number of pyridine rings is 1. The Morgan fingerprint density at radius 3 is 2.77 bits per heavy atom. The first kappa shape index (κ1) is 14.6. The summed E-state index contributed by atoms with van der Waals surface area (Å²) in [5.41, 5.74) is 1.57. The number of aromatic nitrogens is 1. The standard InChI is InChI=1S/C18H20N2O2/c1-13(14-6-5-11-19-12-14)20-18(21)16-9-2-3-10-17(16)22-15-7-4-8-15/h2-3,5-6,9-13,15H,4,7-8H2,1H3,(H,20,21)/t13-/m0/s1. The molecule has 1 fully saturated rings. The molecule has 4 heteroatoms. The molecule has 0 aliphatic heterocycles. The first-order valence-corrected chi connectivity index (χ1v) is 7.70. The van der Waals surface area contributed by atoms with Gasteiger partial charge in [0.15, 0.2) is 0 Å². The van der Waals surface area contributed by atoms with E-state index >= 15 is 0 Å². The summed E-state index contributed by atoms with van der Waals surface area (Å²) in [7, 11) is 0. The molecule has 1 saturated carbocycles. The molecular formula is C18H20N2O2. The van der Waals surface area contributed by atoms with Crippen molar-refractivity contribution in [3.63, 3.8) is 0 Å². The van der Waals surface area contributed by atoms with Crippen molar-refractivity contribution in [2.24, 2.45) is 0 Å². The zero-order valence-corrected chi connectivity index (χ0v) is 12.7. The van der Waals surface area contributed by atoms with Crippen LogP contribution in [0.1, 0.15) is 48.1 Å². The number of nitrogens with one attached hydrogen (secondary N) is 1. The minimum Gasteiger partial charge on any atom is -0.490 e. The van der Waals surface area contributed by atoms with Crippen LogP contribution in [-0.4, -0.2) is 17.0 Å². The number of carbonyl (C=O) groups is 1. The Kier molecular flexibility index (Phi) is 4.37. The molecule has 1 atom stereocenters. The van der Waals surface area contributed by atoms with Crippen LogP contribution in [0.2, 0.25) is 0 Å². The van der Waals surface area contributed by atoms with Gasteiger partial charge in [-0.2, -0.15) is 0 Å². The quantitative estimate of drug-likeness (QED) is 0.918. The lowest BCUT2D eigenvalue weighted by Gasteiger charge is -2.27. The van der Waals surface area contributed by atoms with Gasteiger partial charge in [0.25, 0.3) is 5.91 Å². The molecule has 0 spiro atoms. The van der Waals surface area contributed by atoms with Crippen molar-refractivity contribution >= 4 is 5.91 Å². The van der Waals surface area contributed by atoms with Crippen LogP contribution in [0.4, 0.5) is 0 Å². The van der Waals surface area contributed by atoms with Gasteiger partial charge in [-0.05, 0) is 49.9 Å². The van der Waals surface area contributed by atoms with Crippen molar-refractivity contribution in [2.75, 3.05) is 0 Å². The number of rotatable bonds is 5. The number of hydrogen-bond acceptors (Lipinski definition) is 3. The van der Waals surface area contributed by atoms with Gasteiger partial charge in [-0.15, -0.1) is 0 Å². The van der Waals surface area contributed by atoms with Crippen molar-refractivity contribution in [2.45, 2.75) is 38.3 Å². The number of nitrogens with zero attached hydrogens (tertiary/aromatic N) is 1. The Morgan fingerprint density at radius 2 is 2.09 bits per heavy atom. The minimum absolute atomic E-state index is 0.0991. The molecule has 1 heterocycles. The Labute approximate surface area is 130 Å². The van der Waals surface area contributed by atoms with Crippen molar-refractivity contribution in [3.8, 4) is 5.75 Å². The fourth-order valence-corrected chi connectivity index (χ4v) is 2.42. The molecule has 0 bridgehead atoms. The number of para-hydroxylation sites is 1. The summed E-state index contributed by atoms with van der Waals surface area (Å²) in [4.78, 5) is 16.6. The average molecular weight is 296 g/mol. The molecule has 114 valence electrons. The maximum atomic E-state index is 12.5. The second kappa shape index (κ2) is 6.60. The number of amides is 1. The van der Waals surface area contributed by atoms with Crippen molar-refractivity contribution in [1.82, 2.24) is 10.3 Å². The molecule has 2 aromatic rings. The summed E-state index contributed by atoms with van der Waals surface area (Å²) in [6, 6.07) is 11.1. The Balaban J connectivity index is 1.71. The summed E-state index contributed by atoms with van der Waals surface area (Å²) in [6.45, 7) is 1.95. The van der Waals surface area contributed by atoms with E-state index in [-0.39, 0.29) is 18.1 Å². The lowest BCUT2D eigenvalue weighted by Crippen LogP contribution is -2.29. The molecule has 1 aromatic heterocycles. The lowest BCUT2D eigenvalue weighted by atomic mass is 9.96. The first-order valence-electron chi connectivity index (χ1n) is 7.70. The monoisotopic (exact) mass is 296 g/mol. The first-order chi connectivity index (χ1) is 10.7. The third kappa shape index (κ3) is 3.27. The Hall–Kier alpha value is -2.36. The molecule has 1 aromatic carbocycles. The van der Waals surface area contributed by atoms with Crippen LogP contribution in [0.3, 0.4) is 0 Å². The van der Waals surface area contributed by atoms with Gasteiger partial charge in [0.05, 0.1) is 17.7 Å². The Bertz CT molecular complexity index is 639. The predicted molar refractivity (Wildman–Crippen MR) is 84.8 cm³/mol. The van der Waals surface area contributed by atoms with E-state index in [0.29, 0.717) is 11.3 Å². The van der Waals surface area contributed by atoms with Crippen LogP contribution in [0.25, 0.3) is 0 Å². The van der Waals surface area contributed by atoms with Crippen molar-refractivity contribution < 1.29 is 9.53 Å². The van der Waals surface area contributed by atoms with Crippen LogP contribution >= 0.6 is 0 Å². The number of ether oxygens (including phenoxy) is 1. The van der Waals surface area contributed by atoms with Crippen LogP contribution < -0.4 is 10.1 Å². The molecule has 0 radical (unpaired) electrons. The van der Waals surface area contributed by atoms with Crippen LogP contribution in [-0.2, 0) is 0 Å². The van der Waals surface area contributed by atoms with Gasteiger partial charge in [0, 0.05) is 12.4 Å². The molecule has 22 heavy (non-hydrogen) atoms. The molecule has 4 nitrogen and oxygen atoms in total. The van der Waals surface area contributed by atoms with E-state index in [1.807, 2.05) is 37.3 Å². The van der Waals surface area contributed by atoms with Crippen LogP contribution in [0.15, 0.2) is 48.8 Å². The third-order valence-corrected chi connectivity index (χ3v) is 4.01. The van der Waals surface area contributed by atoms with Gasteiger partial charge in [-0.3, -0.25) is 9.78 Å². The van der Waals surface area contributed by atoms with Crippen LogP contribution in [0.5, 0.6) is 5.75 Å². The van der Waals surface area contributed by atoms with Gasteiger partial charge in [0.2, 0.25) is 0 Å². The maximum Gasteiger partial charge on any atom is 0.255 e. The molecular weight excluding hydrogens is 276 g/mol. The topological polar surface area (TPSA) is 51.2 Å². The van der Waals surface area contributed by atoms with Gasteiger partial charge < -0.3 is 10.1 Å². The summed E-state index contributed by atoms with van der Waals surface area (Å²) < 4.78 is 5.92. The molecule has 0 saturated heterocycles. The maximum absolute atomic E-state index is 12.5. The zero-order chi connectivity index (χ0) is 15.4. The molecule has 1 N–H and O–H groups in total. The van der Waals surface area contributed by atoms with E-state index in [1.54, 1.807) is 18.5 Å². The summed E-state index contributed by atoms with van der Waals surface area (Å²) in [6.07, 6.45) is 7.09. The number of benzene rings is 1. The molecule has 1 amide bonds. The summed E-state index contributed by atoms with van der Waals surface area (Å²) >= 11 is 0. The van der Waals surface area contributed by atoms with E-state index in [2.05, 4.69) is 10.3 Å². The highest BCUT2D eigenvalue weighted by molar-refractivity contribution is 5.97. The average Bonchev–Trinajstić information content (AvgIpc) is 2.52. The van der Waals surface area contributed by atoms with Gasteiger partial charge >= 0.3 is 0 Å². The second-order valence-electron chi connectivity index (χ2n) is 5.65. The van der Waals surface area contributed by atoms with Crippen molar-refractivity contribution in [3.05, 3.63) is 59.9 Å². The molecule has 3 rings (SSSR count). The van der Waals surface area contributed by atoms with E-state index in [0.717, 1.165) is 18.4 Å². The fourth-order valence-electron chi connectivity index (χ4n) is 2.42. The highest BCUT2D eigenvalue weighted by Crippen LogP contribution is 2.27. The van der Waals surface area contributed by atoms with E-state index in [1.165, 1.54) is 6.42 Å². The fraction of sp³-hybridized carbons (Fsp3) is 0.333. The van der Waals surface area contributed by atoms with E-state index in [4.69, 9.17) is 4.74 Å². The van der Waals surface area contributed by atoms with Gasteiger partial charge in [0.1, 0.15) is 5.75 Å². The molecule has 1 aliphatic rings. The largest absolute Gasteiger partial charge is 0.490 e. The lowest BCUT2D eigenvalue weighted by molar-refractivity contribution is 0.0915. The third-order valence-electron chi connectivity index (χ3n) is 4.01.